The van der Waals surface area contributed by atoms with Gasteiger partial charge >= 0.3 is 0 Å². The molecular weight excluding hydrogens is 336 g/mol. The van der Waals surface area contributed by atoms with E-state index >= 15 is 0 Å². The lowest BCUT2D eigenvalue weighted by molar-refractivity contribution is 0.0952. The van der Waals surface area contributed by atoms with Gasteiger partial charge in [-0.25, -0.2) is 4.98 Å². The second kappa shape index (κ2) is 7.06. The van der Waals surface area contributed by atoms with E-state index in [1.165, 1.54) is 23.1 Å². The van der Waals surface area contributed by atoms with E-state index in [1.54, 1.807) is 0 Å². The number of para-hydroxylation sites is 1. The molecule has 5 nitrogen and oxygen atoms in total. The van der Waals surface area contributed by atoms with Crippen LogP contribution in [0.3, 0.4) is 0 Å². The van der Waals surface area contributed by atoms with Crippen molar-refractivity contribution in [1.82, 2.24) is 15.3 Å². The minimum Gasteiger partial charge on any atom is -0.363 e. The van der Waals surface area contributed by atoms with Gasteiger partial charge in [0.1, 0.15) is 5.82 Å². The average Bonchev–Trinajstić information content (AvgIpc) is 3.04. The second-order valence-corrected chi connectivity index (χ2v) is 7.76. The molecule has 5 heteroatoms. The largest absolute Gasteiger partial charge is 0.363 e. The summed E-state index contributed by atoms with van der Waals surface area (Å²) < 4.78 is 0. The first-order valence-electron chi connectivity index (χ1n) is 9.56. The number of anilines is 1. The van der Waals surface area contributed by atoms with Crippen LogP contribution in [0.15, 0.2) is 36.5 Å². The molecule has 0 bridgehead atoms. The molecule has 0 saturated heterocycles. The number of aromatic nitrogens is 2. The normalized spacial score (nSPS) is 16.2. The third-order valence-electron chi connectivity index (χ3n) is 5.43. The number of hydrogen-bond acceptors (Lipinski definition) is 3. The quantitative estimate of drug-likeness (QED) is 0.744. The Morgan fingerprint density at radius 3 is 2.89 bits per heavy atom. The molecule has 0 saturated carbocycles. The Balaban J connectivity index is 1.54. The highest BCUT2D eigenvalue weighted by atomic mass is 16.1. The molecule has 3 aromatic rings. The summed E-state index contributed by atoms with van der Waals surface area (Å²) in [4.78, 5) is 22.7. The zero-order valence-electron chi connectivity index (χ0n) is 16.2. The summed E-state index contributed by atoms with van der Waals surface area (Å²) in [5.41, 5.74) is 5.36. The van der Waals surface area contributed by atoms with E-state index in [1.807, 2.05) is 49.5 Å². The molecule has 140 valence electrons. The summed E-state index contributed by atoms with van der Waals surface area (Å²) in [6.07, 6.45) is 5.17. The number of carbonyl (C=O) groups is 1. The number of nitrogens with zero attached hydrogens (tertiary/aromatic N) is 2. The minimum atomic E-state index is -0.0519. The fraction of sp³-hybridized carbons (Fsp3) is 0.364. The molecular formula is C22H26N4O. The molecule has 2 aromatic heterocycles. The third kappa shape index (κ3) is 3.42. The van der Waals surface area contributed by atoms with Gasteiger partial charge in [-0.1, -0.05) is 25.1 Å². The molecule has 27 heavy (non-hydrogen) atoms. The Morgan fingerprint density at radius 1 is 1.30 bits per heavy atom. The van der Waals surface area contributed by atoms with Crippen molar-refractivity contribution >= 4 is 22.6 Å². The van der Waals surface area contributed by atoms with Crippen LogP contribution in [0.1, 0.15) is 40.5 Å². The molecule has 1 aliphatic rings. The van der Waals surface area contributed by atoms with Gasteiger partial charge in [-0.2, -0.15) is 0 Å². The second-order valence-electron chi connectivity index (χ2n) is 7.76. The maximum atomic E-state index is 12.8. The standard InChI is InChI=1S/C22H26N4O/c1-14-7-9-19-18(11-14)16-5-4-6-17(21(16)25-19)22(27)24-13-15-8-10-20(23-12-15)26(2)3/h4-6,8,10,12,14,25H,7,9,11,13H2,1-3H3,(H,24,27). The van der Waals surface area contributed by atoms with Gasteiger partial charge in [0.15, 0.2) is 0 Å². The Labute approximate surface area is 159 Å². The highest BCUT2D eigenvalue weighted by Gasteiger charge is 2.22. The summed E-state index contributed by atoms with van der Waals surface area (Å²) >= 11 is 0. The van der Waals surface area contributed by atoms with Crippen LogP contribution in [0.25, 0.3) is 10.9 Å². The van der Waals surface area contributed by atoms with Gasteiger partial charge in [0.25, 0.3) is 5.91 Å². The SMILES string of the molecule is CC1CCc2[nH]c3c(C(=O)NCc4ccc(N(C)C)nc4)cccc3c2C1. The molecule has 1 atom stereocenters. The molecule has 0 fully saturated rings. The van der Waals surface area contributed by atoms with Crippen LogP contribution in [0, 0.1) is 5.92 Å². The number of nitrogens with one attached hydrogen (secondary N) is 2. The fourth-order valence-corrected chi connectivity index (χ4v) is 3.87. The van der Waals surface area contributed by atoms with Crippen molar-refractivity contribution in [1.29, 1.82) is 0 Å². The predicted molar refractivity (Wildman–Crippen MR) is 109 cm³/mol. The summed E-state index contributed by atoms with van der Waals surface area (Å²) in [7, 11) is 3.92. The van der Waals surface area contributed by atoms with Crippen LogP contribution >= 0.6 is 0 Å². The Hall–Kier alpha value is -2.82. The zero-order valence-corrected chi connectivity index (χ0v) is 16.2. The van der Waals surface area contributed by atoms with Crippen molar-refractivity contribution in [3.8, 4) is 0 Å². The van der Waals surface area contributed by atoms with E-state index in [0.717, 1.165) is 29.7 Å². The van der Waals surface area contributed by atoms with Gasteiger partial charge in [-0.15, -0.1) is 0 Å². The maximum absolute atomic E-state index is 12.8. The first-order chi connectivity index (χ1) is 13.0. The van der Waals surface area contributed by atoms with Gasteiger partial charge in [-0.3, -0.25) is 4.79 Å². The average molecular weight is 362 g/mol. The van der Waals surface area contributed by atoms with Crippen molar-refractivity contribution in [2.45, 2.75) is 32.7 Å². The van der Waals surface area contributed by atoms with E-state index in [2.05, 4.69) is 28.3 Å². The van der Waals surface area contributed by atoms with Gasteiger partial charge in [0.2, 0.25) is 0 Å². The molecule has 0 aliphatic heterocycles. The number of pyridine rings is 1. The number of aryl methyl sites for hydroxylation is 1. The lowest BCUT2D eigenvalue weighted by Gasteiger charge is -2.17. The van der Waals surface area contributed by atoms with Crippen LogP contribution in [0.4, 0.5) is 5.82 Å². The van der Waals surface area contributed by atoms with E-state index < -0.39 is 0 Å². The highest BCUT2D eigenvalue weighted by Crippen LogP contribution is 2.32. The van der Waals surface area contributed by atoms with Crippen molar-refractivity contribution in [2.75, 3.05) is 19.0 Å². The Kier molecular flexibility index (Phi) is 4.60. The van der Waals surface area contributed by atoms with Crippen molar-refractivity contribution in [2.24, 2.45) is 5.92 Å². The summed E-state index contributed by atoms with van der Waals surface area (Å²) in [5, 5.41) is 4.23. The molecule has 1 aromatic carbocycles. The van der Waals surface area contributed by atoms with Gasteiger partial charge in [0, 0.05) is 37.9 Å². The van der Waals surface area contributed by atoms with Crippen LogP contribution < -0.4 is 10.2 Å². The van der Waals surface area contributed by atoms with E-state index in [-0.39, 0.29) is 5.91 Å². The van der Waals surface area contributed by atoms with Crippen LogP contribution in [0.5, 0.6) is 0 Å². The van der Waals surface area contributed by atoms with Crippen LogP contribution in [-0.2, 0) is 19.4 Å². The molecule has 1 unspecified atom stereocenters. The molecule has 1 aliphatic carbocycles. The first-order valence-corrected chi connectivity index (χ1v) is 9.56. The van der Waals surface area contributed by atoms with Crippen molar-refractivity contribution in [3.05, 3.63) is 58.9 Å². The van der Waals surface area contributed by atoms with Crippen molar-refractivity contribution in [3.63, 3.8) is 0 Å². The number of hydrogen-bond donors (Lipinski definition) is 2. The van der Waals surface area contributed by atoms with E-state index in [9.17, 15) is 4.79 Å². The summed E-state index contributed by atoms with van der Waals surface area (Å²) in [6.45, 7) is 2.77. The number of fused-ring (bicyclic) bond motifs is 3. The van der Waals surface area contributed by atoms with E-state index in [0.29, 0.717) is 18.0 Å². The number of H-pyrrole nitrogens is 1. The molecule has 2 N–H and O–H groups in total. The van der Waals surface area contributed by atoms with Gasteiger partial charge in [0.05, 0.1) is 11.1 Å². The Bertz CT molecular complexity index is 972. The van der Waals surface area contributed by atoms with Crippen molar-refractivity contribution < 1.29 is 4.79 Å². The monoisotopic (exact) mass is 362 g/mol. The predicted octanol–water partition coefficient (Wildman–Crippen LogP) is 3.68. The molecule has 4 rings (SSSR count). The number of amides is 1. The third-order valence-corrected chi connectivity index (χ3v) is 5.43. The van der Waals surface area contributed by atoms with E-state index in [4.69, 9.17) is 0 Å². The first kappa shape index (κ1) is 17.6. The number of carbonyl (C=O) groups excluding carboxylic acids is 1. The van der Waals surface area contributed by atoms with Crippen LogP contribution in [0.2, 0.25) is 0 Å². The topological polar surface area (TPSA) is 61.0 Å². The number of rotatable bonds is 4. The number of benzene rings is 1. The zero-order chi connectivity index (χ0) is 19.0. The fourth-order valence-electron chi connectivity index (χ4n) is 3.87. The number of aromatic amines is 1. The minimum absolute atomic E-state index is 0.0519. The molecule has 0 spiro atoms. The highest BCUT2D eigenvalue weighted by molar-refractivity contribution is 6.06. The summed E-state index contributed by atoms with van der Waals surface area (Å²) in [6, 6.07) is 9.97. The van der Waals surface area contributed by atoms with Crippen LogP contribution in [-0.4, -0.2) is 30.0 Å². The molecule has 0 radical (unpaired) electrons. The lowest BCUT2D eigenvalue weighted by atomic mass is 9.87. The lowest BCUT2D eigenvalue weighted by Crippen LogP contribution is -2.23. The van der Waals surface area contributed by atoms with Gasteiger partial charge < -0.3 is 15.2 Å². The molecule has 1 amide bonds. The maximum Gasteiger partial charge on any atom is 0.253 e. The molecule has 2 heterocycles. The Morgan fingerprint density at radius 2 is 2.15 bits per heavy atom. The van der Waals surface area contributed by atoms with Gasteiger partial charge in [-0.05, 0) is 48.4 Å². The summed E-state index contributed by atoms with van der Waals surface area (Å²) in [5.74, 6) is 1.55. The smallest absolute Gasteiger partial charge is 0.253 e.